The first-order valence-corrected chi connectivity index (χ1v) is 5.64. The monoisotopic (exact) mass is 214 g/mol. The van der Waals surface area contributed by atoms with Crippen molar-refractivity contribution in [3.8, 4) is 5.75 Å². The van der Waals surface area contributed by atoms with Crippen molar-refractivity contribution in [2.24, 2.45) is 5.41 Å². The van der Waals surface area contributed by atoms with Crippen LogP contribution in [0.4, 0.5) is 0 Å². The summed E-state index contributed by atoms with van der Waals surface area (Å²) in [4.78, 5) is 0. The maximum absolute atomic E-state index is 5.15. The maximum atomic E-state index is 5.15. The molecule has 1 heteroatoms. The molecule has 1 aliphatic carbocycles. The highest BCUT2D eigenvalue weighted by molar-refractivity contribution is 5.75. The van der Waals surface area contributed by atoms with E-state index in [-0.39, 0.29) is 0 Å². The molecule has 84 valence electrons. The third-order valence-corrected chi connectivity index (χ3v) is 2.99. The van der Waals surface area contributed by atoms with Crippen molar-refractivity contribution in [2.75, 3.05) is 7.11 Å². The Morgan fingerprint density at radius 2 is 1.81 bits per heavy atom. The molecule has 0 saturated carbocycles. The van der Waals surface area contributed by atoms with Crippen LogP contribution in [0.25, 0.3) is 5.57 Å². The van der Waals surface area contributed by atoms with E-state index in [2.05, 4.69) is 44.2 Å². The van der Waals surface area contributed by atoms with Crippen molar-refractivity contribution >= 4 is 5.57 Å². The van der Waals surface area contributed by atoms with Gasteiger partial charge in [-0.25, -0.2) is 0 Å². The molecule has 1 aromatic rings. The van der Waals surface area contributed by atoms with Gasteiger partial charge in [0.25, 0.3) is 0 Å². The van der Waals surface area contributed by atoms with E-state index in [1.54, 1.807) is 7.11 Å². The predicted octanol–water partition coefficient (Wildman–Crippen LogP) is 4.06. The first kappa shape index (κ1) is 11.0. The van der Waals surface area contributed by atoms with Crippen molar-refractivity contribution in [3.05, 3.63) is 48.1 Å². The maximum Gasteiger partial charge on any atom is 0.118 e. The lowest BCUT2D eigenvalue weighted by molar-refractivity contribution is 0.415. The Bertz CT molecular complexity index is 421. The molecule has 0 fully saturated rings. The van der Waals surface area contributed by atoms with Crippen LogP contribution in [0.1, 0.15) is 25.8 Å². The third-order valence-electron chi connectivity index (χ3n) is 2.99. The van der Waals surface area contributed by atoms with Crippen molar-refractivity contribution in [1.29, 1.82) is 0 Å². The largest absolute Gasteiger partial charge is 0.497 e. The summed E-state index contributed by atoms with van der Waals surface area (Å²) in [5.74, 6) is 0.907. The molecule has 1 nitrogen and oxygen atoms in total. The predicted molar refractivity (Wildman–Crippen MR) is 68.5 cm³/mol. The molecular weight excluding hydrogens is 196 g/mol. The molecule has 0 spiro atoms. The minimum atomic E-state index is 0.302. The summed E-state index contributed by atoms with van der Waals surface area (Å²) >= 11 is 0. The van der Waals surface area contributed by atoms with Crippen LogP contribution in [0.5, 0.6) is 5.75 Å². The van der Waals surface area contributed by atoms with Crippen molar-refractivity contribution in [3.63, 3.8) is 0 Å². The van der Waals surface area contributed by atoms with Gasteiger partial charge in [0.05, 0.1) is 7.11 Å². The van der Waals surface area contributed by atoms with E-state index in [0.717, 1.165) is 12.2 Å². The second-order valence-corrected chi connectivity index (χ2v) is 4.91. The topological polar surface area (TPSA) is 9.23 Å². The quantitative estimate of drug-likeness (QED) is 0.721. The second-order valence-electron chi connectivity index (χ2n) is 4.91. The Morgan fingerprint density at radius 3 is 2.31 bits per heavy atom. The standard InChI is InChI=1S/C15H18O/c1-15(2)10-8-13(9-11-15)12-4-6-14(16-3)7-5-12/h4-10H,11H2,1-3H3. The Balaban J connectivity index is 2.20. The molecule has 2 rings (SSSR count). The molecule has 0 radical (unpaired) electrons. The summed E-state index contributed by atoms with van der Waals surface area (Å²) in [5.41, 5.74) is 2.87. The Morgan fingerprint density at radius 1 is 1.12 bits per heavy atom. The number of ether oxygens (including phenoxy) is 1. The molecular formula is C15H18O. The van der Waals surface area contributed by atoms with Gasteiger partial charge in [-0.1, -0.05) is 44.2 Å². The van der Waals surface area contributed by atoms with E-state index >= 15 is 0 Å². The van der Waals surface area contributed by atoms with Crippen LogP contribution in [-0.2, 0) is 0 Å². The van der Waals surface area contributed by atoms with E-state index < -0.39 is 0 Å². The molecule has 0 saturated heterocycles. The van der Waals surface area contributed by atoms with Crippen LogP contribution >= 0.6 is 0 Å². The Labute approximate surface area is 97.4 Å². The number of hydrogen-bond donors (Lipinski definition) is 0. The smallest absolute Gasteiger partial charge is 0.118 e. The number of allylic oxidation sites excluding steroid dienone is 4. The van der Waals surface area contributed by atoms with Crippen LogP contribution in [0, 0.1) is 5.41 Å². The average Bonchev–Trinajstić information content (AvgIpc) is 2.29. The molecule has 0 aliphatic heterocycles. The number of hydrogen-bond acceptors (Lipinski definition) is 1. The van der Waals surface area contributed by atoms with E-state index in [0.29, 0.717) is 5.41 Å². The number of rotatable bonds is 2. The highest BCUT2D eigenvalue weighted by atomic mass is 16.5. The summed E-state index contributed by atoms with van der Waals surface area (Å²) < 4.78 is 5.15. The Hall–Kier alpha value is -1.50. The molecule has 0 aromatic heterocycles. The minimum Gasteiger partial charge on any atom is -0.497 e. The first-order valence-electron chi connectivity index (χ1n) is 5.64. The van der Waals surface area contributed by atoms with Crippen molar-refractivity contribution < 1.29 is 4.74 Å². The molecule has 0 bridgehead atoms. The molecule has 1 aromatic carbocycles. The molecule has 0 amide bonds. The Kier molecular flexibility index (Phi) is 2.86. The van der Waals surface area contributed by atoms with Gasteiger partial charge in [-0.15, -0.1) is 0 Å². The van der Waals surface area contributed by atoms with Crippen LogP contribution in [0.3, 0.4) is 0 Å². The van der Waals surface area contributed by atoms with Crippen LogP contribution in [0.2, 0.25) is 0 Å². The van der Waals surface area contributed by atoms with Crippen LogP contribution < -0.4 is 4.74 Å². The molecule has 0 heterocycles. The van der Waals surface area contributed by atoms with Gasteiger partial charge in [-0.2, -0.15) is 0 Å². The van der Waals surface area contributed by atoms with Crippen molar-refractivity contribution in [2.45, 2.75) is 20.3 Å². The fourth-order valence-electron chi connectivity index (χ4n) is 1.82. The lowest BCUT2D eigenvalue weighted by atomic mass is 9.83. The highest BCUT2D eigenvalue weighted by Crippen LogP contribution is 2.32. The average molecular weight is 214 g/mol. The van der Waals surface area contributed by atoms with Gasteiger partial charge in [0.1, 0.15) is 5.75 Å². The van der Waals surface area contributed by atoms with Crippen molar-refractivity contribution in [1.82, 2.24) is 0 Å². The van der Waals surface area contributed by atoms with E-state index in [4.69, 9.17) is 4.74 Å². The first-order chi connectivity index (χ1) is 7.61. The van der Waals surface area contributed by atoms with E-state index in [1.807, 2.05) is 12.1 Å². The van der Waals surface area contributed by atoms with Gasteiger partial charge in [0, 0.05) is 0 Å². The molecule has 0 N–H and O–H groups in total. The van der Waals surface area contributed by atoms with Gasteiger partial charge in [0.15, 0.2) is 0 Å². The molecule has 0 unspecified atom stereocenters. The second kappa shape index (κ2) is 4.17. The number of methoxy groups -OCH3 is 1. The highest BCUT2D eigenvalue weighted by Gasteiger charge is 2.16. The fraction of sp³-hybridized carbons (Fsp3) is 0.333. The molecule has 0 atom stereocenters. The number of benzene rings is 1. The lowest BCUT2D eigenvalue weighted by Crippen LogP contribution is -2.08. The summed E-state index contributed by atoms with van der Waals surface area (Å²) in [6, 6.07) is 8.22. The summed E-state index contributed by atoms with van der Waals surface area (Å²) in [5, 5.41) is 0. The summed E-state index contributed by atoms with van der Waals surface area (Å²) in [6.07, 6.45) is 7.91. The van der Waals surface area contributed by atoms with Crippen LogP contribution in [0.15, 0.2) is 42.5 Å². The zero-order chi connectivity index (χ0) is 11.6. The van der Waals surface area contributed by atoms with Gasteiger partial charge in [-0.05, 0) is 35.1 Å². The fourth-order valence-corrected chi connectivity index (χ4v) is 1.82. The zero-order valence-electron chi connectivity index (χ0n) is 10.2. The van der Waals surface area contributed by atoms with Gasteiger partial charge in [0.2, 0.25) is 0 Å². The summed E-state index contributed by atoms with van der Waals surface area (Å²) in [7, 11) is 1.69. The van der Waals surface area contributed by atoms with Gasteiger partial charge < -0.3 is 4.74 Å². The minimum absolute atomic E-state index is 0.302. The van der Waals surface area contributed by atoms with Gasteiger partial charge >= 0.3 is 0 Å². The SMILES string of the molecule is COc1ccc(C2=CCC(C)(C)C=C2)cc1. The van der Waals surface area contributed by atoms with E-state index in [9.17, 15) is 0 Å². The van der Waals surface area contributed by atoms with E-state index in [1.165, 1.54) is 11.1 Å². The zero-order valence-corrected chi connectivity index (χ0v) is 10.2. The van der Waals surface area contributed by atoms with Gasteiger partial charge in [-0.3, -0.25) is 0 Å². The normalized spacial score (nSPS) is 18.1. The molecule has 1 aliphatic rings. The molecule has 16 heavy (non-hydrogen) atoms. The van der Waals surface area contributed by atoms with Crippen LogP contribution in [-0.4, -0.2) is 7.11 Å². The summed E-state index contributed by atoms with van der Waals surface area (Å²) in [6.45, 7) is 4.51. The third kappa shape index (κ3) is 2.35. The lowest BCUT2D eigenvalue weighted by Gasteiger charge is -2.22.